The molecule has 1 rings (SSSR count). The zero-order valence-electron chi connectivity index (χ0n) is 4.13. The van der Waals surface area contributed by atoms with Crippen molar-refractivity contribution in [3.63, 3.8) is 0 Å². The minimum Gasteiger partial charge on any atom is -0.385 e. The van der Waals surface area contributed by atoms with Crippen LogP contribution in [0.4, 0.5) is 0 Å². The quantitative estimate of drug-likeness (QED) is 0.453. The Bertz CT molecular complexity index is 125. The molecule has 0 fully saturated rings. The molecule has 0 aromatic rings. The minimum absolute atomic E-state index is 0.250. The molecule has 3 nitrogen and oxygen atoms in total. The molecule has 0 saturated carbocycles. The van der Waals surface area contributed by atoms with E-state index in [1.54, 1.807) is 6.21 Å². The van der Waals surface area contributed by atoms with Gasteiger partial charge in [0.1, 0.15) is 5.84 Å². The summed E-state index contributed by atoms with van der Waals surface area (Å²) in [6.45, 7) is 1.95. The second kappa shape index (κ2) is 1.33. The molecule has 3 heteroatoms. The predicted molar refractivity (Wildman–Crippen MR) is 29.3 cm³/mol. The Balaban J connectivity index is 2.69. The van der Waals surface area contributed by atoms with Crippen LogP contribution < -0.4 is 5.73 Å². The summed E-state index contributed by atoms with van der Waals surface area (Å²) in [6.07, 6.45) is 1.72. The van der Waals surface area contributed by atoms with Gasteiger partial charge in [-0.25, -0.2) is 0 Å². The maximum atomic E-state index is 5.30. The van der Waals surface area contributed by atoms with Crippen molar-refractivity contribution in [1.29, 1.82) is 0 Å². The van der Waals surface area contributed by atoms with Gasteiger partial charge in [0.05, 0.1) is 5.92 Å². The van der Waals surface area contributed by atoms with Crippen LogP contribution in [-0.2, 0) is 0 Å². The summed E-state index contributed by atoms with van der Waals surface area (Å²) in [5.41, 5.74) is 5.30. The second-order valence-electron chi connectivity index (χ2n) is 1.58. The average molecular weight is 97.1 g/mol. The van der Waals surface area contributed by atoms with Crippen molar-refractivity contribution in [3.8, 4) is 0 Å². The largest absolute Gasteiger partial charge is 0.385 e. The van der Waals surface area contributed by atoms with Crippen LogP contribution in [0.3, 0.4) is 0 Å². The molecule has 1 aliphatic heterocycles. The van der Waals surface area contributed by atoms with Gasteiger partial charge in [0.25, 0.3) is 0 Å². The fourth-order valence-electron chi connectivity index (χ4n) is 0.367. The summed E-state index contributed by atoms with van der Waals surface area (Å²) in [5, 5.41) is 7.16. The first-order valence-electron chi connectivity index (χ1n) is 2.17. The summed E-state index contributed by atoms with van der Waals surface area (Å²) in [5.74, 6) is 0.861. The van der Waals surface area contributed by atoms with Gasteiger partial charge < -0.3 is 5.73 Å². The van der Waals surface area contributed by atoms with Crippen LogP contribution in [0.2, 0.25) is 0 Å². The summed E-state index contributed by atoms with van der Waals surface area (Å²) >= 11 is 0. The summed E-state index contributed by atoms with van der Waals surface area (Å²) in [6, 6.07) is 0. The van der Waals surface area contributed by atoms with Crippen LogP contribution in [0.25, 0.3) is 0 Å². The van der Waals surface area contributed by atoms with Gasteiger partial charge in [0, 0.05) is 6.21 Å². The van der Waals surface area contributed by atoms with Gasteiger partial charge in [0.2, 0.25) is 0 Å². The Kier molecular flexibility index (Phi) is 0.817. The van der Waals surface area contributed by atoms with Crippen LogP contribution >= 0.6 is 0 Å². The van der Waals surface area contributed by atoms with Gasteiger partial charge in [-0.3, -0.25) is 0 Å². The van der Waals surface area contributed by atoms with Crippen molar-refractivity contribution in [1.82, 2.24) is 0 Å². The number of hydrogen-bond donors (Lipinski definition) is 1. The van der Waals surface area contributed by atoms with Gasteiger partial charge in [-0.1, -0.05) is 6.92 Å². The first-order valence-corrected chi connectivity index (χ1v) is 2.17. The lowest BCUT2D eigenvalue weighted by Crippen LogP contribution is -2.17. The summed E-state index contributed by atoms with van der Waals surface area (Å²) < 4.78 is 0. The number of amidine groups is 1. The van der Waals surface area contributed by atoms with Crippen LogP contribution in [0.15, 0.2) is 10.2 Å². The standard InChI is InChI=1S/C4H7N3/c1-3-2-6-7-4(3)5/h2-3H,1H3,(H2,5,7). The SMILES string of the molecule is CC1C=NN=C1N. The fourth-order valence-corrected chi connectivity index (χ4v) is 0.367. The van der Waals surface area contributed by atoms with E-state index in [-0.39, 0.29) is 5.92 Å². The van der Waals surface area contributed by atoms with Crippen molar-refractivity contribution in [3.05, 3.63) is 0 Å². The Morgan fingerprint density at radius 1 is 1.86 bits per heavy atom. The monoisotopic (exact) mass is 97.1 g/mol. The van der Waals surface area contributed by atoms with Crippen molar-refractivity contribution in [2.75, 3.05) is 0 Å². The zero-order valence-corrected chi connectivity index (χ0v) is 4.13. The molecule has 1 atom stereocenters. The third-order valence-electron chi connectivity index (χ3n) is 0.930. The highest BCUT2D eigenvalue weighted by Gasteiger charge is 2.06. The molecule has 2 N–H and O–H groups in total. The third-order valence-corrected chi connectivity index (χ3v) is 0.930. The molecule has 0 saturated heterocycles. The minimum atomic E-state index is 0.250. The van der Waals surface area contributed by atoms with Gasteiger partial charge in [-0.05, 0) is 0 Å². The van der Waals surface area contributed by atoms with Crippen LogP contribution in [0, 0.1) is 5.92 Å². The van der Waals surface area contributed by atoms with E-state index in [4.69, 9.17) is 5.73 Å². The van der Waals surface area contributed by atoms with Crippen molar-refractivity contribution in [2.45, 2.75) is 6.92 Å². The molecule has 0 bridgehead atoms. The Labute approximate surface area is 41.9 Å². The highest BCUT2D eigenvalue weighted by Crippen LogP contribution is 1.97. The third kappa shape index (κ3) is 0.607. The van der Waals surface area contributed by atoms with Crippen molar-refractivity contribution < 1.29 is 0 Å². The fraction of sp³-hybridized carbons (Fsp3) is 0.500. The van der Waals surface area contributed by atoms with E-state index in [2.05, 4.69) is 10.2 Å². The highest BCUT2D eigenvalue weighted by atomic mass is 15.2. The molecule has 1 heterocycles. The number of rotatable bonds is 0. The maximum Gasteiger partial charge on any atom is 0.130 e. The molecule has 0 aromatic heterocycles. The molecule has 0 aliphatic carbocycles. The molecule has 7 heavy (non-hydrogen) atoms. The van der Waals surface area contributed by atoms with Gasteiger partial charge in [0.15, 0.2) is 0 Å². The van der Waals surface area contributed by atoms with Crippen LogP contribution in [-0.4, -0.2) is 12.1 Å². The normalized spacial score (nSPS) is 28.1. The lowest BCUT2D eigenvalue weighted by atomic mass is 10.2. The number of nitrogens with two attached hydrogens (primary N) is 1. The van der Waals surface area contributed by atoms with Crippen molar-refractivity contribution >= 4 is 12.1 Å². The second-order valence-corrected chi connectivity index (χ2v) is 1.58. The Morgan fingerprint density at radius 3 is 2.71 bits per heavy atom. The summed E-state index contributed by atoms with van der Waals surface area (Å²) in [7, 11) is 0. The zero-order chi connectivity index (χ0) is 5.28. The number of hydrogen-bond acceptors (Lipinski definition) is 3. The molecule has 0 amide bonds. The summed E-state index contributed by atoms with van der Waals surface area (Å²) in [4.78, 5) is 0. The van der Waals surface area contributed by atoms with E-state index in [0.29, 0.717) is 5.84 Å². The van der Waals surface area contributed by atoms with Crippen LogP contribution in [0.1, 0.15) is 6.92 Å². The Morgan fingerprint density at radius 2 is 2.57 bits per heavy atom. The van der Waals surface area contributed by atoms with E-state index in [1.165, 1.54) is 0 Å². The molecular weight excluding hydrogens is 90.1 g/mol. The van der Waals surface area contributed by atoms with E-state index < -0.39 is 0 Å². The number of nitrogens with zero attached hydrogens (tertiary/aromatic N) is 2. The van der Waals surface area contributed by atoms with Crippen LogP contribution in [0.5, 0.6) is 0 Å². The predicted octanol–water partition coefficient (Wildman–Crippen LogP) is -0.0209. The molecule has 1 unspecified atom stereocenters. The molecule has 0 spiro atoms. The van der Waals surface area contributed by atoms with E-state index in [0.717, 1.165) is 0 Å². The molecular formula is C4H7N3. The van der Waals surface area contributed by atoms with E-state index in [9.17, 15) is 0 Å². The first kappa shape index (κ1) is 4.30. The van der Waals surface area contributed by atoms with E-state index >= 15 is 0 Å². The van der Waals surface area contributed by atoms with E-state index in [1.807, 2.05) is 6.92 Å². The van der Waals surface area contributed by atoms with Gasteiger partial charge in [-0.15, -0.1) is 5.10 Å². The van der Waals surface area contributed by atoms with Gasteiger partial charge in [-0.2, -0.15) is 5.10 Å². The topological polar surface area (TPSA) is 50.7 Å². The smallest absolute Gasteiger partial charge is 0.130 e. The Hall–Kier alpha value is -0.860. The molecule has 0 aromatic carbocycles. The van der Waals surface area contributed by atoms with Crippen molar-refractivity contribution in [2.24, 2.45) is 21.9 Å². The molecule has 0 radical (unpaired) electrons. The average Bonchev–Trinajstić information content (AvgIpc) is 1.91. The molecule has 1 aliphatic rings. The van der Waals surface area contributed by atoms with Gasteiger partial charge >= 0.3 is 0 Å². The lowest BCUT2D eigenvalue weighted by Gasteiger charge is -1.91. The lowest BCUT2D eigenvalue weighted by molar-refractivity contribution is 1.09. The maximum absolute atomic E-state index is 5.30. The molecule has 38 valence electrons. The first-order chi connectivity index (χ1) is 3.30. The highest BCUT2D eigenvalue weighted by molar-refractivity contribution is 5.98.